The smallest absolute Gasteiger partial charge is 0.323 e. The number of amides is 1. The second-order valence-electron chi connectivity index (χ2n) is 4.94. The van der Waals surface area contributed by atoms with Gasteiger partial charge in [-0.3, -0.25) is 9.59 Å². The molecule has 0 saturated carbocycles. The SMILES string of the molecule is C=CCN(CC(=O)O)C(=O)COc1ccccc1C(C)C. The number of aliphatic carboxylic acids is 1. The van der Waals surface area contributed by atoms with Gasteiger partial charge in [0.15, 0.2) is 6.61 Å². The van der Waals surface area contributed by atoms with Gasteiger partial charge in [0.05, 0.1) is 0 Å². The second kappa shape index (κ2) is 8.09. The van der Waals surface area contributed by atoms with Crippen LogP contribution in [-0.2, 0) is 9.59 Å². The summed E-state index contributed by atoms with van der Waals surface area (Å²) in [6, 6.07) is 7.50. The van der Waals surface area contributed by atoms with Crippen molar-refractivity contribution < 1.29 is 19.4 Å². The second-order valence-corrected chi connectivity index (χ2v) is 4.94. The van der Waals surface area contributed by atoms with Crippen LogP contribution in [0.1, 0.15) is 25.3 Å². The maximum atomic E-state index is 12.0. The van der Waals surface area contributed by atoms with Crippen molar-refractivity contribution in [2.45, 2.75) is 19.8 Å². The molecule has 0 aliphatic heterocycles. The summed E-state index contributed by atoms with van der Waals surface area (Å²) in [6.45, 7) is 7.23. The number of hydrogen-bond acceptors (Lipinski definition) is 3. The van der Waals surface area contributed by atoms with Crippen LogP contribution in [0.15, 0.2) is 36.9 Å². The third kappa shape index (κ3) is 5.30. The summed E-state index contributed by atoms with van der Waals surface area (Å²) in [5, 5.41) is 8.79. The van der Waals surface area contributed by atoms with Crippen molar-refractivity contribution in [3.05, 3.63) is 42.5 Å². The molecule has 0 bridgehead atoms. The normalized spacial score (nSPS) is 10.2. The van der Waals surface area contributed by atoms with E-state index in [0.717, 1.165) is 5.56 Å². The van der Waals surface area contributed by atoms with Gasteiger partial charge in [-0.05, 0) is 17.5 Å². The van der Waals surface area contributed by atoms with Gasteiger partial charge < -0.3 is 14.7 Å². The zero-order valence-electron chi connectivity index (χ0n) is 12.4. The Bertz CT molecular complexity index is 511. The molecule has 114 valence electrons. The minimum atomic E-state index is -1.06. The number of carboxylic acid groups (broad SMARTS) is 1. The lowest BCUT2D eigenvalue weighted by molar-refractivity contribution is -0.144. The minimum absolute atomic E-state index is 0.181. The lowest BCUT2D eigenvalue weighted by atomic mass is 10.0. The van der Waals surface area contributed by atoms with Crippen molar-refractivity contribution in [1.29, 1.82) is 0 Å². The molecule has 1 N–H and O–H groups in total. The molecule has 5 nitrogen and oxygen atoms in total. The van der Waals surface area contributed by atoms with E-state index < -0.39 is 5.97 Å². The largest absolute Gasteiger partial charge is 0.483 e. The molecule has 21 heavy (non-hydrogen) atoms. The molecule has 1 aromatic carbocycles. The number of ether oxygens (including phenoxy) is 1. The van der Waals surface area contributed by atoms with Crippen molar-refractivity contribution in [2.24, 2.45) is 0 Å². The number of nitrogens with zero attached hydrogens (tertiary/aromatic N) is 1. The highest BCUT2D eigenvalue weighted by atomic mass is 16.5. The minimum Gasteiger partial charge on any atom is -0.483 e. The van der Waals surface area contributed by atoms with Crippen LogP contribution < -0.4 is 4.74 Å². The molecule has 0 heterocycles. The lowest BCUT2D eigenvalue weighted by Crippen LogP contribution is -2.38. The number of carboxylic acids is 1. The van der Waals surface area contributed by atoms with Gasteiger partial charge in [-0.15, -0.1) is 6.58 Å². The predicted molar refractivity (Wildman–Crippen MR) is 80.4 cm³/mol. The summed E-state index contributed by atoms with van der Waals surface area (Å²) in [7, 11) is 0. The van der Waals surface area contributed by atoms with Gasteiger partial charge in [-0.1, -0.05) is 38.1 Å². The molecule has 5 heteroatoms. The van der Waals surface area contributed by atoms with E-state index in [0.29, 0.717) is 5.75 Å². The van der Waals surface area contributed by atoms with E-state index in [1.165, 1.54) is 11.0 Å². The summed E-state index contributed by atoms with van der Waals surface area (Å²) in [4.78, 5) is 23.9. The molecule has 0 aliphatic carbocycles. The van der Waals surface area contributed by atoms with Crippen molar-refractivity contribution in [3.8, 4) is 5.75 Å². The van der Waals surface area contributed by atoms with E-state index in [1.807, 2.05) is 32.0 Å². The molecule has 0 spiro atoms. The molecular formula is C16H21NO4. The van der Waals surface area contributed by atoms with E-state index in [4.69, 9.17) is 9.84 Å². The van der Waals surface area contributed by atoms with Crippen LogP contribution in [0.25, 0.3) is 0 Å². The Morgan fingerprint density at radius 3 is 2.62 bits per heavy atom. The maximum Gasteiger partial charge on any atom is 0.323 e. The highest BCUT2D eigenvalue weighted by molar-refractivity contribution is 5.82. The number of carbonyl (C=O) groups is 2. The van der Waals surface area contributed by atoms with Gasteiger partial charge in [0.25, 0.3) is 5.91 Å². The van der Waals surface area contributed by atoms with Crippen LogP contribution in [0.5, 0.6) is 5.75 Å². The molecule has 0 aromatic heterocycles. The number of carbonyl (C=O) groups excluding carboxylic acids is 1. The van der Waals surface area contributed by atoms with Crippen LogP contribution >= 0.6 is 0 Å². The van der Waals surface area contributed by atoms with Crippen LogP contribution in [0.3, 0.4) is 0 Å². The van der Waals surface area contributed by atoms with E-state index in [2.05, 4.69) is 6.58 Å². The fourth-order valence-electron chi connectivity index (χ4n) is 1.89. The molecule has 1 amide bonds. The lowest BCUT2D eigenvalue weighted by Gasteiger charge is -2.20. The van der Waals surface area contributed by atoms with E-state index in [9.17, 15) is 9.59 Å². The van der Waals surface area contributed by atoms with Gasteiger partial charge in [0.2, 0.25) is 0 Å². The Morgan fingerprint density at radius 2 is 2.05 bits per heavy atom. The first-order valence-corrected chi connectivity index (χ1v) is 6.78. The molecule has 0 unspecified atom stereocenters. The average Bonchev–Trinajstić information content (AvgIpc) is 2.44. The molecule has 0 saturated heterocycles. The van der Waals surface area contributed by atoms with E-state index in [-0.39, 0.29) is 31.5 Å². The molecule has 1 aromatic rings. The van der Waals surface area contributed by atoms with Gasteiger partial charge >= 0.3 is 5.97 Å². The Morgan fingerprint density at radius 1 is 1.38 bits per heavy atom. The highest BCUT2D eigenvalue weighted by Gasteiger charge is 2.17. The molecular weight excluding hydrogens is 270 g/mol. The summed E-state index contributed by atoms with van der Waals surface area (Å²) in [5.74, 6) is -0.516. The number of hydrogen-bond donors (Lipinski definition) is 1. The third-order valence-electron chi connectivity index (χ3n) is 2.92. The fourth-order valence-corrected chi connectivity index (χ4v) is 1.89. The van der Waals surface area contributed by atoms with Gasteiger partial charge in [0, 0.05) is 6.54 Å². The molecule has 0 atom stereocenters. The van der Waals surface area contributed by atoms with Crippen LogP contribution in [0.2, 0.25) is 0 Å². The number of benzene rings is 1. The molecule has 0 radical (unpaired) electrons. The number of rotatable bonds is 8. The average molecular weight is 291 g/mol. The standard InChI is InChI=1S/C16H21NO4/c1-4-9-17(10-16(19)20)15(18)11-21-14-8-6-5-7-13(14)12(2)3/h4-8,12H,1,9-11H2,2-3H3,(H,19,20). The van der Waals surface area contributed by atoms with Crippen LogP contribution in [0, 0.1) is 0 Å². The number of para-hydroxylation sites is 1. The first-order chi connectivity index (χ1) is 9.95. The van der Waals surface area contributed by atoms with Crippen molar-refractivity contribution in [1.82, 2.24) is 4.90 Å². The zero-order valence-corrected chi connectivity index (χ0v) is 12.4. The van der Waals surface area contributed by atoms with E-state index >= 15 is 0 Å². The topological polar surface area (TPSA) is 66.8 Å². The van der Waals surface area contributed by atoms with Gasteiger partial charge in [0.1, 0.15) is 12.3 Å². The van der Waals surface area contributed by atoms with E-state index in [1.54, 1.807) is 6.07 Å². The Balaban J connectivity index is 2.70. The first-order valence-electron chi connectivity index (χ1n) is 6.78. The molecule has 0 fully saturated rings. The van der Waals surface area contributed by atoms with Crippen LogP contribution in [0.4, 0.5) is 0 Å². The summed E-state index contributed by atoms with van der Waals surface area (Å²) in [5.41, 5.74) is 1.01. The maximum absolute atomic E-state index is 12.0. The fraction of sp³-hybridized carbons (Fsp3) is 0.375. The Hall–Kier alpha value is -2.30. The van der Waals surface area contributed by atoms with Crippen molar-refractivity contribution in [2.75, 3.05) is 19.7 Å². The summed E-state index contributed by atoms with van der Waals surface area (Å²) < 4.78 is 5.55. The predicted octanol–water partition coefficient (Wildman–Crippen LogP) is 2.29. The highest BCUT2D eigenvalue weighted by Crippen LogP contribution is 2.25. The molecule has 0 aliphatic rings. The zero-order chi connectivity index (χ0) is 15.8. The quantitative estimate of drug-likeness (QED) is 0.746. The first kappa shape index (κ1) is 16.8. The van der Waals surface area contributed by atoms with Crippen LogP contribution in [-0.4, -0.2) is 41.6 Å². The van der Waals surface area contributed by atoms with Crippen molar-refractivity contribution >= 4 is 11.9 Å². The molecule has 1 rings (SSSR count). The van der Waals surface area contributed by atoms with Crippen molar-refractivity contribution in [3.63, 3.8) is 0 Å². The van der Waals surface area contributed by atoms with Gasteiger partial charge in [-0.2, -0.15) is 0 Å². The third-order valence-corrected chi connectivity index (χ3v) is 2.92. The monoisotopic (exact) mass is 291 g/mol. The summed E-state index contributed by atoms with van der Waals surface area (Å²) in [6.07, 6.45) is 1.49. The summed E-state index contributed by atoms with van der Waals surface area (Å²) >= 11 is 0. The van der Waals surface area contributed by atoms with Gasteiger partial charge in [-0.25, -0.2) is 0 Å². The Labute approximate surface area is 124 Å². The Kier molecular flexibility index (Phi) is 6.46.